The highest BCUT2D eigenvalue weighted by molar-refractivity contribution is 6.05. The maximum Gasteiger partial charge on any atom is 0.170 e. The van der Waals surface area contributed by atoms with E-state index in [1.165, 1.54) is 0 Å². The van der Waals surface area contributed by atoms with Crippen LogP contribution in [0.25, 0.3) is 0 Å². The van der Waals surface area contributed by atoms with Gasteiger partial charge in [0, 0.05) is 24.5 Å². The van der Waals surface area contributed by atoms with E-state index in [-0.39, 0.29) is 5.78 Å². The van der Waals surface area contributed by atoms with Crippen LogP contribution in [0.5, 0.6) is 0 Å². The number of hydrogen-bond donors (Lipinski definition) is 0. The summed E-state index contributed by atoms with van der Waals surface area (Å²) in [5, 5.41) is 9.10. The van der Waals surface area contributed by atoms with E-state index >= 15 is 0 Å². The Morgan fingerprint density at radius 1 is 1.17 bits per heavy atom. The summed E-state index contributed by atoms with van der Waals surface area (Å²) < 4.78 is 0. The minimum atomic E-state index is -0.545. The molecule has 2 aromatic carbocycles. The van der Waals surface area contributed by atoms with Gasteiger partial charge in [-0.1, -0.05) is 30.3 Å². The van der Waals surface area contributed by atoms with E-state index in [0.717, 1.165) is 29.7 Å². The van der Waals surface area contributed by atoms with Crippen molar-refractivity contribution in [2.24, 2.45) is 0 Å². The predicted octanol–water partition coefficient (Wildman–Crippen LogP) is 4.20. The number of rotatable bonds is 3. The Morgan fingerprint density at radius 2 is 1.92 bits per heavy atom. The highest BCUT2D eigenvalue weighted by Crippen LogP contribution is 2.41. The molecule has 3 heteroatoms. The summed E-state index contributed by atoms with van der Waals surface area (Å²) in [7, 11) is 1.96. The molecule has 0 aliphatic heterocycles. The maximum absolute atomic E-state index is 13.0. The van der Waals surface area contributed by atoms with Crippen LogP contribution in [0, 0.1) is 11.3 Å². The van der Waals surface area contributed by atoms with Crippen molar-refractivity contribution in [2.45, 2.75) is 25.2 Å². The number of carbonyl (C=O) groups is 1. The quantitative estimate of drug-likeness (QED) is 0.797. The second-order valence-electron chi connectivity index (χ2n) is 6.45. The molecule has 0 aromatic heterocycles. The number of ketones is 1. The lowest BCUT2D eigenvalue weighted by Gasteiger charge is -2.22. The van der Waals surface area contributed by atoms with Gasteiger partial charge in [0.25, 0.3) is 0 Å². The van der Waals surface area contributed by atoms with Crippen molar-refractivity contribution in [2.75, 3.05) is 11.9 Å². The van der Waals surface area contributed by atoms with Gasteiger partial charge in [0.15, 0.2) is 5.78 Å². The Bertz CT molecular complexity index is 832. The van der Waals surface area contributed by atoms with E-state index in [4.69, 9.17) is 5.26 Å². The number of Topliss-reactive ketones (excluding diaryl/α,β-unsaturated/α-hetero) is 1. The molecule has 0 N–H and O–H groups in total. The van der Waals surface area contributed by atoms with Crippen molar-refractivity contribution >= 4 is 11.5 Å². The Morgan fingerprint density at radius 3 is 2.62 bits per heavy atom. The third kappa shape index (κ3) is 2.83. The van der Waals surface area contributed by atoms with Crippen molar-refractivity contribution in [3.63, 3.8) is 0 Å². The standard InChI is InChI=1S/C21H20N2O/c1-21(18-8-6-7-16(13-18)14-22)12-11-17(20(21)24)15-23(2)19-9-4-3-5-10-19/h3-10,13,15H,11-12H2,1-2H3. The maximum atomic E-state index is 13.0. The highest BCUT2D eigenvalue weighted by Gasteiger charge is 2.42. The lowest BCUT2D eigenvalue weighted by Crippen LogP contribution is -2.28. The third-order valence-electron chi connectivity index (χ3n) is 4.83. The van der Waals surface area contributed by atoms with Gasteiger partial charge in [-0.05, 0) is 49.6 Å². The van der Waals surface area contributed by atoms with Gasteiger partial charge in [0.2, 0.25) is 0 Å². The molecule has 1 saturated carbocycles. The van der Waals surface area contributed by atoms with Crippen LogP contribution in [0.15, 0.2) is 66.4 Å². The topological polar surface area (TPSA) is 44.1 Å². The molecule has 1 aliphatic rings. The van der Waals surface area contributed by atoms with Crippen LogP contribution in [0.1, 0.15) is 30.9 Å². The summed E-state index contributed by atoms with van der Waals surface area (Å²) in [6.07, 6.45) is 3.47. The van der Waals surface area contributed by atoms with E-state index in [9.17, 15) is 4.79 Å². The molecule has 0 radical (unpaired) electrons. The van der Waals surface area contributed by atoms with E-state index in [1.807, 2.05) is 73.6 Å². The number of anilines is 1. The first-order valence-corrected chi connectivity index (χ1v) is 8.08. The molecule has 0 saturated heterocycles. The van der Waals surface area contributed by atoms with E-state index < -0.39 is 5.41 Å². The van der Waals surface area contributed by atoms with Gasteiger partial charge in [0.05, 0.1) is 17.0 Å². The minimum absolute atomic E-state index is 0.153. The molecular weight excluding hydrogens is 296 g/mol. The summed E-state index contributed by atoms with van der Waals surface area (Å²) >= 11 is 0. The molecule has 0 heterocycles. The van der Waals surface area contributed by atoms with Crippen molar-refractivity contribution in [1.29, 1.82) is 5.26 Å². The van der Waals surface area contributed by atoms with Gasteiger partial charge in [0.1, 0.15) is 0 Å². The molecule has 0 amide bonds. The van der Waals surface area contributed by atoms with Crippen LogP contribution in [-0.4, -0.2) is 12.8 Å². The molecule has 24 heavy (non-hydrogen) atoms. The van der Waals surface area contributed by atoms with Crippen LogP contribution in [-0.2, 0) is 10.2 Å². The zero-order valence-electron chi connectivity index (χ0n) is 14.0. The lowest BCUT2D eigenvalue weighted by atomic mass is 9.79. The van der Waals surface area contributed by atoms with Crippen LogP contribution in [0.4, 0.5) is 5.69 Å². The first-order chi connectivity index (χ1) is 11.5. The SMILES string of the molecule is CN(C=C1CCC(C)(c2cccc(C#N)c2)C1=O)c1ccccc1. The van der Waals surface area contributed by atoms with Crippen LogP contribution in [0.3, 0.4) is 0 Å². The molecule has 1 unspecified atom stereocenters. The molecule has 0 spiro atoms. The minimum Gasteiger partial charge on any atom is -0.351 e. The van der Waals surface area contributed by atoms with Gasteiger partial charge in [-0.2, -0.15) is 5.26 Å². The van der Waals surface area contributed by atoms with Crippen molar-refractivity contribution in [1.82, 2.24) is 0 Å². The van der Waals surface area contributed by atoms with Crippen LogP contribution >= 0.6 is 0 Å². The van der Waals surface area contributed by atoms with E-state index in [0.29, 0.717) is 5.56 Å². The highest BCUT2D eigenvalue weighted by atomic mass is 16.1. The Kier molecular flexibility index (Phi) is 4.22. The third-order valence-corrected chi connectivity index (χ3v) is 4.83. The number of para-hydroxylation sites is 1. The number of hydrogen-bond acceptors (Lipinski definition) is 3. The predicted molar refractivity (Wildman–Crippen MR) is 95.7 cm³/mol. The number of carbonyl (C=O) groups excluding carboxylic acids is 1. The fourth-order valence-electron chi connectivity index (χ4n) is 3.27. The van der Waals surface area contributed by atoms with Crippen LogP contribution < -0.4 is 4.90 Å². The van der Waals surface area contributed by atoms with Crippen LogP contribution in [0.2, 0.25) is 0 Å². The van der Waals surface area contributed by atoms with Gasteiger partial charge in [-0.3, -0.25) is 4.79 Å². The Balaban J connectivity index is 1.89. The largest absolute Gasteiger partial charge is 0.351 e. The van der Waals surface area contributed by atoms with Crippen molar-refractivity contribution in [3.8, 4) is 6.07 Å². The smallest absolute Gasteiger partial charge is 0.170 e. The first-order valence-electron chi connectivity index (χ1n) is 8.08. The fourth-order valence-corrected chi connectivity index (χ4v) is 3.27. The normalized spacial score (nSPS) is 21.7. The summed E-state index contributed by atoms with van der Waals surface area (Å²) in [5.41, 5.74) is 2.87. The summed E-state index contributed by atoms with van der Waals surface area (Å²) in [5.74, 6) is 0.153. The average Bonchev–Trinajstić information content (AvgIpc) is 2.92. The average molecular weight is 316 g/mol. The molecule has 1 aliphatic carbocycles. The van der Waals surface area contributed by atoms with E-state index in [2.05, 4.69) is 6.07 Å². The molecule has 0 bridgehead atoms. The molecule has 2 aromatic rings. The molecule has 120 valence electrons. The number of nitrogens with zero attached hydrogens (tertiary/aromatic N) is 2. The summed E-state index contributed by atoms with van der Waals surface area (Å²) in [4.78, 5) is 15.0. The Labute approximate surface area is 142 Å². The molecule has 1 fully saturated rings. The molecule has 3 nitrogen and oxygen atoms in total. The monoisotopic (exact) mass is 316 g/mol. The fraction of sp³-hybridized carbons (Fsp3) is 0.238. The first kappa shape index (κ1) is 16.0. The second-order valence-corrected chi connectivity index (χ2v) is 6.45. The Hall–Kier alpha value is -2.86. The van der Waals surface area contributed by atoms with Crippen molar-refractivity contribution < 1.29 is 4.79 Å². The molecular formula is C21H20N2O. The van der Waals surface area contributed by atoms with Gasteiger partial charge in [-0.15, -0.1) is 0 Å². The molecule has 1 atom stereocenters. The second kappa shape index (κ2) is 6.33. The van der Waals surface area contributed by atoms with Gasteiger partial charge < -0.3 is 4.90 Å². The van der Waals surface area contributed by atoms with Gasteiger partial charge in [-0.25, -0.2) is 0 Å². The number of benzene rings is 2. The van der Waals surface area contributed by atoms with Crippen molar-refractivity contribution in [3.05, 3.63) is 77.5 Å². The number of allylic oxidation sites excluding steroid dienone is 1. The van der Waals surface area contributed by atoms with Gasteiger partial charge >= 0.3 is 0 Å². The molecule has 3 rings (SSSR count). The number of nitriles is 1. The summed E-state index contributed by atoms with van der Waals surface area (Å²) in [6.45, 7) is 1.98. The zero-order valence-corrected chi connectivity index (χ0v) is 14.0. The summed E-state index contributed by atoms with van der Waals surface area (Å²) in [6, 6.07) is 19.5. The van der Waals surface area contributed by atoms with E-state index in [1.54, 1.807) is 6.07 Å². The lowest BCUT2D eigenvalue weighted by molar-refractivity contribution is -0.118. The zero-order chi connectivity index (χ0) is 17.2.